The lowest BCUT2D eigenvalue weighted by Crippen LogP contribution is -2.45. The number of benzene rings is 1. The summed E-state index contributed by atoms with van der Waals surface area (Å²) in [6.45, 7) is 12.3. The summed E-state index contributed by atoms with van der Waals surface area (Å²) >= 11 is 0. The van der Waals surface area contributed by atoms with Gasteiger partial charge in [0.2, 0.25) is 0 Å². The highest BCUT2D eigenvalue weighted by molar-refractivity contribution is 5.42. The number of piperazine rings is 1. The number of phenols is 1. The zero-order valence-electron chi connectivity index (χ0n) is 12.7. The number of rotatable bonds is 5. The van der Waals surface area contributed by atoms with Crippen molar-refractivity contribution in [2.45, 2.75) is 32.7 Å². The summed E-state index contributed by atoms with van der Waals surface area (Å²) in [4.78, 5) is 2.46. The molecule has 2 N–H and O–H groups in total. The fourth-order valence-electron chi connectivity index (χ4n) is 2.93. The van der Waals surface area contributed by atoms with E-state index in [0.717, 1.165) is 55.7 Å². The molecule has 1 aromatic rings. The SMILES string of the molecule is C=C(C)C[C@H](c1cccc(CC)c1O)N1CCNCC1. The Bertz CT molecular complexity index is 464. The van der Waals surface area contributed by atoms with Crippen molar-refractivity contribution in [3.63, 3.8) is 0 Å². The van der Waals surface area contributed by atoms with Gasteiger partial charge in [-0.15, -0.1) is 6.58 Å². The number of nitrogens with zero attached hydrogens (tertiary/aromatic N) is 1. The van der Waals surface area contributed by atoms with Gasteiger partial charge in [-0.3, -0.25) is 4.90 Å². The molecule has 3 nitrogen and oxygen atoms in total. The molecule has 0 unspecified atom stereocenters. The molecule has 0 radical (unpaired) electrons. The molecule has 0 spiro atoms. The predicted octanol–water partition coefficient (Wildman–Crippen LogP) is 2.87. The Morgan fingerprint density at radius 2 is 2.10 bits per heavy atom. The number of hydrogen-bond acceptors (Lipinski definition) is 3. The third kappa shape index (κ3) is 3.41. The third-order valence-corrected chi connectivity index (χ3v) is 4.02. The zero-order valence-corrected chi connectivity index (χ0v) is 12.7. The minimum Gasteiger partial charge on any atom is -0.507 e. The quantitative estimate of drug-likeness (QED) is 0.811. The molecule has 1 aromatic carbocycles. The number of hydrogen-bond donors (Lipinski definition) is 2. The van der Waals surface area contributed by atoms with E-state index in [0.29, 0.717) is 5.75 Å². The number of aryl methyl sites for hydroxylation is 1. The Labute approximate surface area is 122 Å². The highest BCUT2D eigenvalue weighted by atomic mass is 16.3. The normalized spacial score (nSPS) is 17.9. The Hall–Kier alpha value is -1.32. The van der Waals surface area contributed by atoms with Crippen LogP contribution in [0.4, 0.5) is 0 Å². The van der Waals surface area contributed by atoms with Gasteiger partial charge in [-0.25, -0.2) is 0 Å². The second-order valence-electron chi connectivity index (χ2n) is 5.67. The van der Waals surface area contributed by atoms with Crippen molar-refractivity contribution in [1.82, 2.24) is 10.2 Å². The molecule has 1 atom stereocenters. The second-order valence-corrected chi connectivity index (χ2v) is 5.67. The highest BCUT2D eigenvalue weighted by Gasteiger charge is 2.25. The van der Waals surface area contributed by atoms with E-state index in [1.54, 1.807) is 0 Å². The maximum Gasteiger partial charge on any atom is 0.123 e. The Morgan fingerprint density at radius 1 is 1.40 bits per heavy atom. The van der Waals surface area contributed by atoms with Crippen molar-refractivity contribution in [2.75, 3.05) is 26.2 Å². The van der Waals surface area contributed by atoms with Crippen molar-refractivity contribution in [1.29, 1.82) is 0 Å². The lowest BCUT2D eigenvalue weighted by Gasteiger charge is -2.36. The van der Waals surface area contributed by atoms with Gasteiger partial charge in [0.05, 0.1) is 0 Å². The van der Waals surface area contributed by atoms with Gasteiger partial charge in [0.25, 0.3) is 0 Å². The molecular weight excluding hydrogens is 248 g/mol. The first-order valence-electron chi connectivity index (χ1n) is 7.53. The molecule has 110 valence electrons. The maximum absolute atomic E-state index is 10.5. The standard InChI is InChI=1S/C17H26N2O/c1-4-14-6-5-7-15(17(14)20)16(12-13(2)3)19-10-8-18-9-11-19/h5-7,16,18,20H,2,4,8-12H2,1,3H3/t16-/m1/s1. The molecule has 20 heavy (non-hydrogen) atoms. The van der Waals surface area contributed by atoms with E-state index in [4.69, 9.17) is 0 Å². The van der Waals surface area contributed by atoms with Crippen LogP contribution in [0.3, 0.4) is 0 Å². The molecule has 1 aliphatic heterocycles. The van der Waals surface area contributed by atoms with Crippen LogP contribution in [0.1, 0.15) is 37.4 Å². The largest absolute Gasteiger partial charge is 0.507 e. The summed E-state index contributed by atoms with van der Waals surface area (Å²) < 4.78 is 0. The van der Waals surface area contributed by atoms with E-state index < -0.39 is 0 Å². The summed E-state index contributed by atoms with van der Waals surface area (Å²) in [6, 6.07) is 6.36. The number of nitrogens with one attached hydrogen (secondary N) is 1. The third-order valence-electron chi connectivity index (χ3n) is 4.02. The van der Waals surface area contributed by atoms with E-state index in [1.165, 1.54) is 0 Å². The van der Waals surface area contributed by atoms with Gasteiger partial charge in [-0.05, 0) is 25.3 Å². The minimum atomic E-state index is 0.237. The topological polar surface area (TPSA) is 35.5 Å². The summed E-state index contributed by atoms with van der Waals surface area (Å²) in [7, 11) is 0. The van der Waals surface area contributed by atoms with E-state index in [9.17, 15) is 5.11 Å². The number of aromatic hydroxyl groups is 1. The van der Waals surface area contributed by atoms with Gasteiger partial charge in [-0.2, -0.15) is 0 Å². The molecule has 0 amide bonds. The molecule has 3 heteroatoms. The predicted molar refractivity (Wildman–Crippen MR) is 84.1 cm³/mol. The van der Waals surface area contributed by atoms with Gasteiger partial charge in [0.1, 0.15) is 5.75 Å². The fourth-order valence-corrected chi connectivity index (χ4v) is 2.93. The molecule has 2 rings (SSSR count). The smallest absolute Gasteiger partial charge is 0.123 e. The van der Waals surface area contributed by atoms with Gasteiger partial charge in [0, 0.05) is 37.8 Å². The summed E-state index contributed by atoms with van der Waals surface area (Å²) in [5.41, 5.74) is 3.24. The van der Waals surface area contributed by atoms with Crippen LogP contribution >= 0.6 is 0 Å². The van der Waals surface area contributed by atoms with E-state index >= 15 is 0 Å². The Balaban J connectivity index is 2.32. The van der Waals surface area contributed by atoms with Gasteiger partial charge < -0.3 is 10.4 Å². The van der Waals surface area contributed by atoms with Crippen molar-refractivity contribution in [2.24, 2.45) is 0 Å². The fraction of sp³-hybridized carbons (Fsp3) is 0.529. The van der Waals surface area contributed by atoms with Crippen molar-refractivity contribution in [3.8, 4) is 5.75 Å². The van der Waals surface area contributed by atoms with Crippen LogP contribution in [0.5, 0.6) is 5.75 Å². The van der Waals surface area contributed by atoms with Crippen LogP contribution in [0.25, 0.3) is 0 Å². The molecule has 0 bridgehead atoms. The van der Waals surface area contributed by atoms with Crippen LogP contribution in [0, 0.1) is 0 Å². The molecule has 1 heterocycles. The van der Waals surface area contributed by atoms with Crippen molar-refractivity contribution >= 4 is 0 Å². The molecule has 1 saturated heterocycles. The van der Waals surface area contributed by atoms with Gasteiger partial charge >= 0.3 is 0 Å². The molecule has 0 saturated carbocycles. The molecular formula is C17H26N2O. The first-order valence-corrected chi connectivity index (χ1v) is 7.53. The van der Waals surface area contributed by atoms with E-state index in [1.807, 2.05) is 6.07 Å². The lowest BCUT2D eigenvalue weighted by molar-refractivity contribution is 0.170. The monoisotopic (exact) mass is 274 g/mol. The van der Waals surface area contributed by atoms with Crippen LogP contribution in [0.15, 0.2) is 30.4 Å². The summed E-state index contributed by atoms with van der Waals surface area (Å²) in [6.07, 6.45) is 1.77. The first kappa shape index (κ1) is 15.1. The maximum atomic E-state index is 10.5. The van der Waals surface area contributed by atoms with E-state index in [2.05, 4.69) is 42.8 Å². The second kappa shape index (κ2) is 6.91. The lowest BCUT2D eigenvalue weighted by atomic mass is 9.94. The van der Waals surface area contributed by atoms with E-state index in [-0.39, 0.29) is 6.04 Å². The molecule has 1 aliphatic rings. The average Bonchev–Trinajstić information content (AvgIpc) is 2.46. The zero-order chi connectivity index (χ0) is 14.5. The van der Waals surface area contributed by atoms with Crippen molar-refractivity contribution in [3.05, 3.63) is 41.5 Å². The van der Waals surface area contributed by atoms with Gasteiger partial charge in [-0.1, -0.05) is 30.7 Å². The van der Waals surface area contributed by atoms with Crippen LogP contribution in [-0.4, -0.2) is 36.2 Å². The Morgan fingerprint density at radius 3 is 2.70 bits per heavy atom. The first-order chi connectivity index (χ1) is 9.63. The van der Waals surface area contributed by atoms with Crippen molar-refractivity contribution < 1.29 is 5.11 Å². The summed E-state index contributed by atoms with van der Waals surface area (Å²) in [5.74, 6) is 0.472. The number of para-hydroxylation sites is 1. The van der Waals surface area contributed by atoms with Crippen LogP contribution < -0.4 is 5.32 Å². The van der Waals surface area contributed by atoms with Crippen LogP contribution in [-0.2, 0) is 6.42 Å². The average molecular weight is 274 g/mol. The van der Waals surface area contributed by atoms with Crippen LogP contribution in [0.2, 0.25) is 0 Å². The number of phenolic OH excluding ortho intramolecular Hbond substituents is 1. The van der Waals surface area contributed by atoms with Gasteiger partial charge in [0.15, 0.2) is 0 Å². The molecule has 1 fully saturated rings. The Kier molecular flexibility index (Phi) is 5.21. The molecule has 0 aromatic heterocycles. The minimum absolute atomic E-state index is 0.237. The summed E-state index contributed by atoms with van der Waals surface area (Å²) in [5, 5.41) is 13.9. The highest BCUT2D eigenvalue weighted by Crippen LogP contribution is 2.35. The molecule has 0 aliphatic carbocycles.